The monoisotopic (exact) mass is 214 g/mol. The van der Waals surface area contributed by atoms with E-state index in [0.717, 1.165) is 19.4 Å². The van der Waals surface area contributed by atoms with E-state index in [9.17, 15) is 4.79 Å². The van der Waals surface area contributed by atoms with E-state index < -0.39 is 5.60 Å². The first-order valence-corrected chi connectivity index (χ1v) is 5.60. The summed E-state index contributed by atoms with van der Waals surface area (Å²) in [5.41, 5.74) is -0.417. The second kappa shape index (κ2) is 4.84. The Hall–Kier alpha value is -0.770. The third-order valence-corrected chi connectivity index (χ3v) is 2.38. The summed E-state index contributed by atoms with van der Waals surface area (Å²) in [5, 5.41) is 6.20. The molecular formula is C11H22N2O2. The molecule has 0 spiro atoms. The molecule has 0 radical (unpaired) electrons. The largest absolute Gasteiger partial charge is 0.444 e. The van der Waals surface area contributed by atoms with Gasteiger partial charge in [-0.2, -0.15) is 0 Å². The lowest BCUT2D eigenvalue weighted by Crippen LogP contribution is -2.49. The zero-order chi connectivity index (χ0) is 11.5. The Kier molecular flexibility index (Phi) is 3.97. The lowest BCUT2D eigenvalue weighted by molar-refractivity contribution is 0.0494. The first kappa shape index (κ1) is 12.3. The van der Waals surface area contributed by atoms with Crippen molar-refractivity contribution >= 4 is 6.09 Å². The van der Waals surface area contributed by atoms with Crippen molar-refractivity contribution in [2.75, 3.05) is 6.54 Å². The molecule has 0 aromatic rings. The molecule has 0 aromatic heterocycles. The predicted molar refractivity (Wildman–Crippen MR) is 59.9 cm³/mol. The van der Waals surface area contributed by atoms with Gasteiger partial charge >= 0.3 is 6.09 Å². The van der Waals surface area contributed by atoms with Gasteiger partial charge in [0.15, 0.2) is 0 Å². The van der Waals surface area contributed by atoms with Crippen molar-refractivity contribution in [2.45, 2.75) is 58.2 Å². The van der Waals surface area contributed by atoms with Gasteiger partial charge in [0.2, 0.25) is 0 Å². The molecule has 1 unspecified atom stereocenters. The van der Waals surface area contributed by atoms with E-state index in [-0.39, 0.29) is 12.1 Å². The Labute approximate surface area is 91.8 Å². The van der Waals surface area contributed by atoms with Crippen molar-refractivity contribution < 1.29 is 9.53 Å². The molecule has 1 rings (SSSR count). The molecule has 2 N–H and O–H groups in total. The summed E-state index contributed by atoms with van der Waals surface area (Å²) in [5.74, 6) is 0. The maximum absolute atomic E-state index is 11.4. The van der Waals surface area contributed by atoms with Crippen LogP contribution in [0.1, 0.15) is 40.5 Å². The van der Waals surface area contributed by atoms with Crippen LogP contribution in [0.5, 0.6) is 0 Å². The number of rotatable bonds is 1. The van der Waals surface area contributed by atoms with E-state index >= 15 is 0 Å². The quantitative estimate of drug-likeness (QED) is 0.698. The zero-order valence-electron chi connectivity index (χ0n) is 10.1. The molecule has 15 heavy (non-hydrogen) atoms. The highest BCUT2D eigenvalue weighted by Crippen LogP contribution is 2.10. The Balaban J connectivity index is 2.27. The summed E-state index contributed by atoms with van der Waals surface area (Å²) in [6.07, 6.45) is 1.80. The third-order valence-electron chi connectivity index (χ3n) is 2.38. The van der Waals surface area contributed by atoms with E-state index in [0.29, 0.717) is 6.04 Å². The Morgan fingerprint density at radius 2 is 2.07 bits per heavy atom. The maximum atomic E-state index is 11.4. The third kappa shape index (κ3) is 5.02. The van der Waals surface area contributed by atoms with Crippen LogP contribution in [0.25, 0.3) is 0 Å². The summed E-state index contributed by atoms with van der Waals surface area (Å²) in [7, 11) is 0. The summed E-state index contributed by atoms with van der Waals surface area (Å²) < 4.78 is 5.19. The predicted octanol–water partition coefficient (Wildman–Crippen LogP) is 1.65. The van der Waals surface area contributed by atoms with Crippen LogP contribution < -0.4 is 10.6 Å². The Bertz CT molecular complexity index is 215. The van der Waals surface area contributed by atoms with E-state index in [1.807, 2.05) is 20.8 Å². The van der Waals surface area contributed by atoms with Gasteiger partial charge < -0.3 is 15.4 Å². The fraction of sp³-hybridized carbons (Fsp3) is 0.909. The van der Waals surface area contributed by atoms with Gasteiger partial charge in [-0.1, -0.05) is 0 Å². The molecule has 1 aliphatic rings. The highest BCUT2D eigenvalue weighted by Gasteiger charge is 2.22. The van der Waals surface area contributed by atoms with Crippen molar-refractivity contribution in [1.29, 1.82) is 0 Å². The fourth-order valence-electron chi connectivity index (χ4n) is 1.60. The molecule has 0 saturated carbocycles. The number of carbonyl (C=O) groups is 1. The molecule has 2 atom stereocenters. The van der Waals surface area contributed by atoms with Gasteiger partial charge in [0.25, 0.3) is 0 Å². The van der Waals surface area contributed by atoms with Crippen LogP contribution in [0.3, 0.4) is 0 Å². The molecule has 1 saturated heterocycles. The Morgan fingerprint density at radius 1 is 1.40 bits per heavy atom. The maximum Gasteiger partial charge on any atom is 0.407 e. The van der Waals surface area contributed by atoms with Gasteiger partial charge in [-0.15, -0.1) is 0 Å². The molecule has 1 amide bonds. The number of carbonyl (C=O) groups excluding carboxylic acids is 1. The van der Waals surface area contributed by atoms with Crippen LogP contribution in [0.2, 0.25) is 0 Å². The van der Waals surface area contributed by atoms with Crippen molar-refractivity contribution in [3.8, 4) is 0 Å². The van der Waals surface area contributed by atoms with Gasteiger partial charge in [-0.05, 0) is 40.5 Å². The van der Waals surface area contributed by atoms with Crippen LogP contribution >= 0.6 is 0 Å². The van der Waals surface area contributed by atoms with Gasteiger partial charge in [0.05, 0.1) is 0 Å². The molecular weight excluding hydrogens is 192 g/mol. The topological polar surface area (TPSA) is 50.4 Å². The van der Waals surface area contributed by atoms with Crippen LogP contribution in [0.15, 0.2) is 0 Å². The minimum absolute atomic E-state index is 0.205. The first-order valence-electron chi connectivity index (χ1n) is 5.60. The summed E-state index contributed by atoms with van der Waals surface area (Å²) in [6, 6.07) is 0.762. The molecule has 1 heterocycles. The van der Waals surface area contributed by atoms with E-state index in [1.165, 1.54) is 0 Å². The van der Waals surface area contributed by atoms with E-state index in [1.54, 1.807) is 0 Å². The molecule has 88 valence electrons. The van der Waals surface area contributed by atoms with Crippen molar-refractivity contribution in [3.63, 3.8) is 0 Å². The summed E-state index contributed by atoms with van der Waals surface area (Å²) >= 11 is 0. The van der Waals surface area contributed by atoms with Crippen LogP contribution in [-0.2, 0) is 4.74 Å². The van der Waals surface area contributed by atoms with Crippen molar-refractivity contribution in [3.05, 3.63) is 0 Å². The number of piperidine rings is 1. The molecule has 4 nitrogen and oxygen atoms in total. The molecule has 0 aliphatic carbocycles. The van der Waals surface area contributed by atoms with Crippen molar-refractivity contribution in [1.82, 2.24) is 10.6 Å². The van der Waals surface area contributed by atoms with Gasteiger partial charge in [-0.25, -0.2) is 4.79 Å². The number of hydrogen-bond donors (Lipinski definition) is 2. The molecule has 4 heteroatoms. The van der Waals surface area contributed by atoms with Gasteiger partial charge in [-0.3, -0.25) is 0 Å². The van der Waals surface area contributed by atoms with E-state index in [2.05, 4.69) is 17.6 Å². The number of ether oxygens (including phenoxy) is 1. The van der Waals surface area contributed by atoms with Crippen LogP contribution in [-0.4, -0.2) is 30.3 Å². The SMILES string of the molecule is CC1CC[C@H](NC(=O)OC(C)(C)C)CN1. The second-order valence-electron chi connectivity index (χ2n) is 5.23. The smallest absolute Gasteiger partial charge is 0.407 e. The average molecular weight is 214 g/mol. The highest BCUT2D eigenvalue weighted by molar-refractivity contribution is 5.68. The van der Waals surface area contributed by atoms with Gasteiger partial charge in [0.1, 0.15) is 5.60 Å². The Morgan fingerprint density at radius 3 is 2.53 bits per heavy atom. The van der Waals surface area contributed by atoms with E-state index in [4.69, 9.17) is 4.74 Å². The minimum Gasteiger partial charge on any atom is -0.444 e. The first-order chi connectivity index (χ1) is 6.87. The number of amides is 1. The minimum atomic E-state index is -0.417. The standard InChI is InChI=1S/C11H22N2O2/c1-8-5-6-9(7-12-8)13-10(14)15-11(2,3)4/h8-9,12H,5-7H2,1-4H3,(H,13,14)/t8?,9-/m0/s1. The number of hydrogen-bond acceptors (Lipinski definition) is 3. The molecule has 1 aliphatic heterocycles. The highest BCUT2D eigenvalue weighted by atomic mass is 16.6. The second-order valence-corrected chi connectivity index (χ2v) is 5.23. The number of alkyl carbamates (subject to hydrolysis) is 1. The molecule has 1 fully saturated rings. The van der Waals surface area contributed by atoms with Gasteiger partial charge in [0, 0.05) is 18.6 Å². The van der Waals surface area contributed by atoms with Crippen LogP contribution in [0, 0.1) is 0 Å². The summed E-state index contributed by atoms with van der Waals surface area (Å²) in [6.45, 7) is 8.60. The number of nitrogens with one attached hydrogen (secondary N) is 2. The lowest BCUT2D eigenvalue weighted by atomic mass is 10.0. The summed E-state index contributed by atoms with van der Waals surface area (Å²) in [4.78, 5) is 11.4. The molecule has 0 aromatic carbocycles. The fourth-order valence-corrected chi connectivity index (χ4v) is 1.60. The molecule has 0 bridgehead atoms. The zero-order valence-corrected chi connectivity index (χ0v) is 10.1. The average Bonchev–Trinajstić information content (AvgIpc) is 2.05. The van der Waals surface area contributed by atoms with Crippen LogP contribution in [0.4, 0.5) is 4.79 Å². The lowest BCUT2D eigenvalue weighted by Gasteiger charge is -2.29. The van der Waals surface area contributed by atoms with Crippen molar-refractivity contribution in [2.24, 2.45) is 0 Å². The normalized spacial score (nSPS) is 27.2.